The number of carbonyl (C=O) groups is 1. The van der Waals surface area contributed by atoms with Crippen molar-refractivity contribution in [3.8, 4) is 0 Å². The molecule has 2 N–H and O–H groups in total. The lowest BCUT2D eigenvalue weighted by atomic mass is 10.2. The number of hydrogen-bond donors (Lipinski definition) is 2. The highest BCUT2D eigenvalue weighted by Crippen LogP contribution is 2.17. The van der Waals surface area contributed by atoms with E-state index in [1.807, 2.05) is 28.6 Å². The second kappa shape index (κ2) is 7.98. The first kappa shape index (κ1) is 17.8. The predicted molar refractivity (Wildman–Crippen MR) is 103 cm³/mol. The van der Waals surface area contributed by atoms with Gasteiger partial charge in [-0.3, -0.25) is 9.89 Å². The molecule has 0 spiro atoms. The number of H-pyrrole nitrogens is 1. The van der Waals surface area contributed by atoms with Crippen LogP contribution in [0.2, 0.25) is 0 Å². The van der Waals surface area contributed by atoms with Crippen molar-refractivity contribution in [3.05, 3.63) is 53.9 Å². The van der Waals surface area contributed by atoms with Gasteiger partial charge in [0.25, 0.3) is 5.91 Å². The molecule has 1 aliphatic rings. The minimum absolute atomic E-state index is 0.188. The van der Waals surface area contributed by atoms with Crippen molar-refractivity contribution in [1.29, 1.82) is 0 Å². The molecule has 1 saturated heterocycles. The topological polar surface area (TPSA) is 91.0 Å². The molecule has 1 atom stereocenters. The van der Waals surface area contributed by atoms with E-state index in [1.165, 1.54) is 12.6 Å². The summed E-state index contributed by atoms with van der Waals surface area (Å²) in [4.78, 5) is 17.3. The number of aromatic nitrogens is 3. The largest absolute Gasteiger partial charge is 0.348 e. The van der Waals surface area contributed by atoms with Gasteiger partial charge < -0.3 is 5.32 Å². The molecule has 27 heavy (non-hydrogen) atoms. The quantitative estimate of drug-likeness (QED) is 0.708. The van der Waals surface area contributed by atoms with Gasteiger partial charge in [-0.1, -0.05) is 18.6 Å². The third-order valence-corrected chi connectivity index (χ3v) is 6.19. The Hall–Kier alpha value is -2.58. The molecule has 1 amide bonds. The normalized spacial score (nSPS) is 16.3. The highest BCUT2D eigenvalue weighted by Gasteiger charge is 2.17. The van der Waals surface area contributed by atoms with Gasteiger partial charge in [0.2, 0.25) is 0 Å². The fraction of sp³-hybridized carbons (Fsp3) is 0.316. The number of rotatable bonds is 5. The predicted octanol–water partition coefficient (Wildman–Crippen LogP) is 2.40. The van der Waals surface area contributed by atoms with Gasteiger partial charge in [0.15, 0.2) is 5.65 Å². The summed E-state index contributed by atoms with van der Waals surface area (Å²) in [7, 11) is -1.10. The zero-order chi connectivity index (χ0) is 18.6. The Labute approximate surface area is 159 Å². The number of piperidine rings is 1. The number of nitrogens with one attached hydrogen (secondary N) is 2. The number of amides is 1. The molecule has 140 valence electrons. The molecule has 3 heterocycles. The molecule has 0 saturated carbocycles. The van der Waals surface area contributed by atoms with Gasteiger partial charge in [0.05, 0.1) is 16.7 Å². The number of fused-ring (bicyclic) bond motifs is 1. The number of hydrogen-bond acceptors (Lipinski definition) is 4. The van der Waals surface area contributed by atoms with Crippen LogP contribution in [0.15, 0.2) is 47.6 Å². The van der Waals surface area contributed by atoms with Gasteiger partial charge in [0.1, 0.15) is 11.0 Å². The lowest BCUT2D eigenvalue weighted by molar-refractivity contribution is 0.0950. The minimum atomic E-state index is -1.10. The molecule has 1 unspecified atom stereocenters. The second-order valence-electron chi connectivity index (χ2n) is 6.60. The van der Waals surface area contributed by atoms with Crippen molar-refractivity contribution in [2.45, 2.75) is 30.7 Å². The van der Waals surface area contributed by atoms with E-state index in [9.17, 15) is 9.00 Å². The summed E-state index contributed by atoms with van der Waals surface area (Å²) in [6, 6.07) is 9.34. The first-order valence-corrected chi connectivity index (χ1v) is 10.1. The van der Waals surface area contributed by atoms with E-state index in [-0.39, 0.29) is 5.91 Å². The number of nitrogens with zero attached hydrogens (tertiary/aromatic N) is 3. The highest BCUT2D eigenvalue weighted by atomic mass is 32.2. The molecule has 1 fully saturated rings. The first-order valence-electron chi connectivity index (χ1n) is 9.04. The molecule has 1 aromatic carbocycles. The molecule has 7 nitrogen and oxygen atoms in total. The van der Waals surface area contributed by atoms with Crippen molar-refractivity contribution < 1.29 is 9.00 Å². The maximum Gasteiger partial charge on any atom is 0.253 e. The first-order chi connectivity index (χ1) is 13.2. The van der Waals surface area contributed by atoms with Crippen molar-refractivity contribution in [1.82, 2.24) is 24.8 Å². The number of carbonyl (C=O) groups excluding carboxylic acids is 1. The van der Waals surface area contributed by atoms with E-state index < -0.39 is 11.0 Å². The Bertz CT molecular complexity index is 964. The van der Waals surface area contributed by atoms with Crippen LogP contribution in [0.25, 0.3) is 11.0 Å². The molecule has 2 aromatic heterocycles. The average molecular weight is 383 g/mol. The lowest BCUT2D eigenvalue weighted by Gasteiger charge is -2.25. The molecule has 4 rings (SSSR count). The fourth-order valence-electron chi connectivity index (χ4n) is 3.15. The van der Waals surface area contributed by atoms with Crippen LogP contribution >= 0.6 is 0 Å². The van der Waals surface area contributed by atoms with Crippen LogP contribution in [0.4, 0.5) is 0 Å². The average Bonchev–Trinajstić information content (AvgIpc) is 3.20. The highest BCUT2D eigenvalue weighted by molar-refractivity contribution is 7.82. The Morgan fingerprint density at radius 1 is 1.15 bits per heavy atom. The van der Waals surface area contributed by atoms with Crippen molar-refractivity contribution in [2.75, 3.05) is 13.1 Å². The molecule has 0 aliphatic carbocycles. The molecule has 3 aromatic rings. The van der Waals surface area contributed by atoms with Crippen LogP contribution < -0.4 is 5.32 Å². The Kier molecular flexibility index (Phi) is 5.26. The summed E-state index contributed by atoms with van der Waals surface area (Å²) in [5, 5.41) is 10.4. The Morgan fingerprint density at radius 3 is 2.70 bits per heavy atom. The van der Waals surface area contributed by atoms with E-state index in [0.29, 0.717) is 17.8 Å². The van der Waals surface area contributed by atoms with Gasteiger partial charge in [0, 0.05) is 31.2 Å². The van der Waals surface area contributed by atoms with Crippen LogP contribution in [0.5, 0.6) is 0 Å². The molecule has 0 radical (unpaired) electrons. The second-order valence-corrected chi connectivity index (χ2v) is 8.08. The third kappa shape index (κ3) is 4.06. The SMILES string of the molecule is O=C(NCc1ccc(S(=O)N2CCCCC2)cc1)c1cnc2[nH]ncc2c1. The van der Waals surface area contributed by atoms with Crippen LogP contribution in [0, 0.1) is 0 Å². The summed E-state index contributed by atoms with van der Waals surface area (Å²) >= 11 is 0. The maximum absolute atomic E-state index is 12.6. The van der Waals surface area contributed by atoms with Gasteiger partial charge in [-0.15, -0.1) is 0 Å². The molecular weight excluding hydrogens is 362 g/mol. The van der Waals surface area contributed by atoms with Crippen LogP contribution in [0.3, 0.4) is 0 Å². The van der Waals surface area contributed by atoms with Crippen molar-refractivity contribution >= 4 is 27.9 Å². The summed E-state index contributed by atoms with van der Waals surface area (Å²) in [6.07, 6.45) is 6.60. The van der Waals surface area contributed by atoms with E-state index >= 15 is 0 Å². The zero-order valence-corrected chi connectivity index (χ0v) is 15.7. The lowest BCUT2D eigenvalue weighted by Crippen LogP contribution is -2.31. The molecule has 1 aliphatic heterocycles. The van der Waals surface area contributed by atoms with Crippen LogP contribution in [-0.2, 0) is 17.5 Å². The maximum atomic E-state index is 12.6. The van der Waals surface area contributed by atoms with Gasteiger partial charge >= 0.3 is 0 Å². The molecular formula is C19H21N5O2S. The minimum Gasteiger partial charge on any atom is -0.348 e. The van der Waals surface area contributed by atoms with Gasteiger partial charge in [-0.05, 0) is 36.6 Å². The molecule has 8 heteroatoms. The summed E-state index contributed by atoms with van der Waals surface area (Å²) in [5.74, 6) is -0.188. The van der Waals surface area contributed by atoms with Gasteiger partial charge in [-0.2, -0.15) is 5.10 Å². The van der Waals surface area contributed by atoms with E-state index in [0.717, 1.165) is 41.8 Å². The standard InChI is InChI=1S/C19H21N5O2S/c25-19(16-10-15-13-22-23-18(15)20-12-16)21-11-14-4-6-17(7-5-14)27(26)24-8-2-1-3-9-24/h4-7,10,12-13H,1-3,8-9,11H2,(H,21,25)(H,20,22,23). The summed E-state index contributed by atoms with van der Waals surface area (Å²) < 4.78 is 14.6. The molecule has 0 bridgehead atoms. The Morgan fingerprint density at radius 2 is 1.93 bits per heavy atom. The monoisotopic (exact) mass is 383 g/mol. The zero-order valence-electron chi connectivity index (χ0n) is 14.9. The summed E-state index contributed by atoms with van der Waals surface area (Å²) in [5.41, 5.74) is 2.11. The van der Waals surface area contributed by atoms with E-state index in [2.05, 4.69) is 20.5 Å². The van der Waals surface area contributed by atoms with E-state index in [1.54, 1.807) is 12.3 Å². The van der Waals surface area contributed by atoms with E-state index in [4.69, 9.17) is 0 Å². The third-order valence-electron chi connectivity index (χ3n) is 4.68. The number of benzene rings is 1. The smallest absolute Gasteiger partial charge is 0.253 e. The van der Waals surface area contributed by atoms with Crippen molar-refractivity contribution in [2.24, 2.45) is 0 Å². The van der Waals surface area contributed by atoms with Crippen LogP contribution in [-0.4, -0.2) is 42.7 Å². The van der Waals surface area contributed by atoms with Crippen LogP contribution in [0.1, 0.15) is 35.2 Å². The fourth-order valence-corrected chi connectivity index (χ4v) is 4.41. The number of aromatic amines is 1. The van der Waals surface area contributed by atoms with Crippen molar-refractivity contribution in [3.63, 3.8) is 0 Å². The number of pyridine rings is 1. The van der Waals surface area contributed by atoms with Gasteiger partial charge in [-0.25, -0.2) is 13.5 Å². The summed E-state index contributed by atoms with van der Waals surface area (Å²) in [6.45, 7) is 2.18. The Balaban J connectivity index is 1.36.